The first kappa shape index (κ1) is 23.9. The highest BCUT2D eigenvalue weighted by Gasteiger charge is 2.46. The molecule has 1 heterocycles. The van der Waals surface area contributed by atoms with E-state index < -0.39 is 23.8 Å². The Kier molecular flexibility index (Phi) is 7.21. The van der Waals surface area contributed by atoms with Crippen molar-refractivity contribution in [3.8, 4) is 0 Å². The fraction of sp³-hybridized carbons (Fsp3) is 0.318. The SMILES string of the molecule is CC(C)C[C@@H](C(=O)N[C@H](C)c1ccccc1)N1C(=O)c2c(Cl)c(Cl)c(Cl)c(Cl)c2C1=O. The average Bonchev–Trinajstić information content (AvgIpc) is 2.99. The second-order valence-corrected chi connectivity index (χ2v) is 9.28. The maximum Gasteiger partial charge on any atom is 0.263 e. The lowest BCUT2D eigenvalue weighted by Crippen LogP contribution is -2.50. The zero-order valence-corrected chi connectivity index (χ0v) is 20.0. The van der Waals surface area contributed by atoms with Crippen molar-refractivity contribution in [3.63, 3.8) is 0 Å². The number of carbonyl (C=O) groups excluding carboxylic acids is 3. The number of nitrogens with zero attached hydrogens (tertiary/aromatic N) is 1. The standard InChI is InChI=1S/C22H20Cl4N2O3/c1-10(2)9-13(20(29)27-11(3)12-7-5-4-6-8-12)28-21(30)14-15(22(28)31)17(24)19(26)18(25)16(14)23/h4-8,10-11,13H,9H2,1-3H3,(H,27,29)/t11-,13+/m1/s1. The summed E-state index contributed by atoms with van der Waals surface area (Å²) in [6.45, 7) is 5.62. The van der Waals surface area contributed by atoms with E-state index in [2.05, 4.69) is 5.32 Å². The predicted molar refractivity (Wildman–Crippen MR) is 123 cm³/mol. The lowest BCUT2D eigenvalue weighted by molar-refractivity contribution is -0.126. The third-order valence-corrected chi connectivity index (χ3v) is 6.90. The van der Waals surface area contributed by atoms with Crippen LogP contribution in [0.2, 0.25) is 20.1 Å². The Morgan fingerprint density at radius 1 is 0.871 bits per heavy atom. The van der Waals surface area contributed by atoms with Crippen LogP contribution in [-0.4, -0.2) is 28.7 Å². The summed E-state index contributed by atoms with van der Waals surface area (Å²) in [6, 6.07) is 8.00. The second kappa shape index (κ2) is 9.37. The lowest BCUT2D eigenvalue weighted by atomic mass is 10.0. The Morgan fingerprint density at radius 3 is 1.81 bits per heavy atom. The molecule has 0 spiro atoms. The topological polar surface area (TPSA) is 66.5 Å². The zero-order chi connectivity index (χ0) is 23.0. The number of carbonyl (C=O) groups is 3. The Labute approximate surface area is 200 Å². The molecule has 31 heavy (non-hydrogen) atoms. The molecule has 0 unspecified atom stereocenters. The van der Waals surface area contributed by atoms with Gasteiger partial charge in [-0.2, -0.15) is 0 Å². The highest BCUT2D eigenvalue weighted by molar-refractivity contribution is 6.55. The Hall–Kier alpha value is -1.79. The van der Waals surface area contributed by atoms with E-state index in [-0.39, 0.29) is 49.6 Å². The van der Waals surface area contributed by atoms with Crippen LogP contribution in [0.5, 0.6) is 0 Å². The zero-order valence-electron chi connectivity index (χ0n) is 17.0. The van der Waals surface area contributed by atoms with Gasteiger partial charge in [0.15, 0.2) is 0 Å². The lowest BCUT2D eigenvalue weighted by Gasteiger charge is -2.28. The van der Waals surface area contributed by atoms with E-state index in [1.807, 2.05) is 51.1 Å². The molecule has 0 saturated heterocycles. The van der Waals surface area contributed by atoms with Crippen LogP contribution >= 0.6 is 46.4 Å². The van der Waals surface area contributed by atoms with Crippen molar-refractivity contribution in [1.29, 1.82) is 0 Å². The van der Waals surface area contributed by atoms with E-state index in [9.17, 15) is 14.4 Å². The minimum Gasteiger partial charge on any atom is -0.348 e. The number of amides is 3. The summed E-state index contributed by atoms with van der Waals surface area (Å²) < 4.78 is 0. The molecule has 3 rings (SSSR count). The van der Waals surface area contributed by atoms with Gasteiger partial charge in [0.2, 0.25) is 5.91 Å². The van der Waals surface area contributed by atoms with Crippen LogP contribution in [0.25, 0.3) is 0 Å². The van der Waals surface area contributed by atoms with Crippen LogP contribution in [0, 0.1) is 5.92 Å². The number of fused-ring (bicyclic) bond motifs is 1. The molecule has 5 nitrogen and oxygen atoms in total. The minimum atomic E-state index is -1.05. The number of hydrogen-bond acceptors (Lipinski definition) is 3. The summed E-state index contributed by atoms with van der Waals surface area (Å²) in [7, 11) is 0. The molecule has 2 atom stereocenters. The van der Waals surface area contributed by atoms with Crippen molar-refractivity contribution >= 4 is 64.1 Å². The highest BCUT2D eigenvalue weighted by Crippen LogP contribution is 2.45. The van der Waals surface area contributed by atoms with Crippen molar-refractivity contribution in [3.05, 3.63) is 67.1 Å². The van der Waals surface area contributed by atoms with E-state index in [0.717, 1.165) is 10.5 Å². The fourth-order valence-corrected chi connectivity index (χ4v) is 4.57. The van der Waals surface area contributed by atoms with E-state index in [0.29, 0.717) is 0 Å². The van der Waals surface area contributed by atoms with Crippen LogP contribution in [0.1, 0.15) is 59.5 Å². The van der Waals surface area contributed by atoms with Crippen molar-refractivity contribution in [2.45, 2.75) is 39.3 Å². The van der Waals surface area contributed by atoms with Crippen LogP contribution in [0.4, 0.5) is 0 Å². The second-order valence-electron chi connectivity index (χ2n) is 7.77. The van der Waals surface area contributed by atoms with Crippen molar-refractivity contribution in [1.82, 2.24) is 10.2 Å². The van der Waals surface area contributed by atoms with E-state index >= 15 is 0 Å². The van der Waals surface area contributed by atoms with Gasteiger partial charge >= 0.3 is 0 Å². The summed E-state index contributed by atoms with van der Waals surface area (Å²) in [5, 5.41) is 2.35. The maximum absolute atomic E-state index is 13.2. The molecule has 9 heteroatoms. The van der Waals surface area contributed by atoms with Gasteiger partial charge in [0.05, 0.1) is 37.3 Å². The molecular weight excluding hydrogens is 482 g/mol. The summed E-state index contributed by atoms with van der Waals surface area (Å²) in [6.07, 6.45) is 0.259. The van der Waals surface area contributed by atoms with Gasteiger partial charge in [-0.3, -0.25) is 19.3 Å². The van der Waals surface area contributed by atoms with Gasteiger partial charge in [-0.15, -0.1) is 0 Å². The molecule has 0 fully saturated rings. The van der Waals surface area contributed by atoms with E-state index in [1.54, 1.807) is 0 Å². The van der Waals surface area contributed by atoms with Crippen molar-refractivity contribution in [2.24, 2.45) is 5.92 Å². The largest absolute Gasteiger partial charge is 0.348 e. The van der Waals surface area contributed by atoms with Gasteiger partial charge in [0.25, 0.3) is 11.8 Å². The molecule has 2 aromatic carbocycles. The molecule has 1 N–H and O–H groups in total. The van der Waals surface area contributed by atoms with E-state index in [1.165, 1.54) is 0 Å². The van der Waals surface area contributed by atoms with Crippen LogP contribution in [0.3, 0.4) is 0 Å². The number of imide groups is 1. The smallest absolute Gasteiger partial charge is 0.263 e. The number of benzene rings is 2. The molecule has 1 aliphatic heterocycles. The first-order valence-electron chi connectivity index (χ1n) is 9.65. The van der Waals surface area contributed by atoms with Crippen molar-refractivity contribution in [2.75, 3.05) is 0 Å². The molecule has 2 aromatic rings. The summed E-state index contributed by atoms with van der Waals surface area (Å²) >= 11 is 24.6. The number of halogens is 4. The molecule has 3 amide bonds. The number of hydrogen-bond donors (Lipinski definition) is 1. The van der Waals surface area contributed by atoms with Gasteiger partial charge in [0, 0.05) is 0 Å². The monoisotopic (exact) mass is 500 g/mol. The third-order valence-electron chi connectivity index (χ3n) is 5.10. The fourth-order valence-electron chi connectivity index (χ4n) is 3.56. The maximum atomic E-state index is 13.2. The Balaban J connectivity index is 1.98. The van der Waals surface area contributed by atoms with Crippen LogP contribution in [0.15, 0.2) is 30.3 Å². The van der Waals surface area contributed by atoms with Crippen LogP contribution < -0.4 is 5.32 Å². The summed E-state index contributed by atoms with van der Waals surface area (Å²) in [5.41, 5.74) is 0.624. The summed E-state index contributed by atoms with van der Waals surface area (Å²) in [5.74, 6) is -1.88. The van der Waals surface area contributed by atoms with Gasteiger partial charge < -0.3 is 5.32 Å². The first-order valence-corrected chi connectivity index (χ1v) is 11.2. The summed E-state index contributed by atoms with van der Waals surface area (Å²) in [4.78, 5) is 40.5. The predicted octanol–water partition coefficient (Wildman–Crippen LogP) is 6.19. The van der Waals surface area contributed by atoms with Crippen LogP contribution in [-0.2, 0) is 4.79 Å². The molecular formula is C22H20Cl4N2O3. The number of rotatable bonds is 6. The minimum absolute atomic E-state index is 0.0187. The molecule has 0 radical (unpaired) electrons. The highest BCUT2D eigenvalue weighted by atomic mass is 35.5. The first-order chi connectivity index (χ1) is 14.6. The van der Waals surface area contributed by atoms with Crippen molar-refractivity contribution < 1.29 is 14.4 Å². The Morgan fingerprint density at radius 2 is 1.35 bits per heavy atom. The third kappa shape index (κ3) is 4.42. The Bertz CT molecular complexity index is 1010. The molecule has 0 aliphatic carbocycles. The molecule has 0 saturated carbocycles. The van der Waals surface area contributed by atoms with Gasteiger partial charge in [-0.1, -0.05) is 90.6 Å². The average molecular weight is 502 g/mol. The molecule has 0 bridgehead atoms. The van der Waals surface area contributed by atoms with E-state index in [4.69, 9.17) is 46.4 Å². The van der Waals surface area contributed by atoms with Gasteiger partial charge in [0.1, 0.15) is 6.04 Å². The molecule has 164 valence electrons. The quantitative estimate of drug-likeness (QED) is 0.291. The van der Waals surface area contributed by atoms with Gasteiger partial charge in [-0.05, 0) is 24.8 Å². The normalized spacial score (nSPS) is 15.3. The molecule has 1 aliphatic rings. The number of nitrogens with one attached hydrogen (secondary N) is 1. The van der Waals surface area contributed by atoms with Gasteiger partial charge in [-0.25, -0.2) is 0 Å². The molecule has 0 aromatic heterocycles.